The van der Waals surface area contributed by atoms with Crippen LogP contribution in [0.1, 0.15) is 17.2 Å². The van der Waals surface area contributed by atoms with Crippen LogP contribution in [-0.2, 0) is 0 Å². The van der Waals surface area contributed by atoms with Crippen LogP contribution in [0.2, 0.25) is 0 Å². The van der Waals surface area contributed by atoms with Gasteiger partial charge in [0.25, 0.3) is 0 Å². The van der Waals surface area contributed by atoms with Gasteiger partial charge in [0, 0.05) is 30.5 Å². The molecule has 2 aromatic rings. The van der Waals surface area contributed by atoms with Gasteiger partial charge < -0.3 is 4.98 Å². The lowest BCUT2D eigenvalue weighted by atomic mass is 9.90. The van der Waals surface area contributed by atoms with Crippen LogP contribution in [-0.4, -0.2) is 22.2 Å². The zero-order chi connectivity index (χ0) is 11.5. The van der Waals surface area contributed by atoms with Gasteiger partial charge in [-0.2, -0.15) is 0 Å². The Morgan fingerprint density at radius 3 is 2.71 bits per heavy atom. The number of allylic oxidation sites excluding steroid dienone is 1. The van der Waals surface area contributed by atoms with E-state index in [-0.39, 0.29) is 12.0 Å². The first-order valence-electron chi connectivity index (χ1n) is 5.68. The summed E-state index contributed by atoms with van der Waals surface area (Å²) < 4.78 is 0. The molecule has 0 bridgehead atoms. The lowest BCUT2D eigenvalue weighted by Gasteiger charge is -2.19. The quantitative estimate of drug-likeness (QED) is 0.853. The average molecular weight is 223 g/mol. The summed E-state index contributed by atoms with van der Waals surface area (Å²) in [6.07, 6.45) is 11.6. The Morgan fingerprint density at radius 2 is 2.06 bits per heavy atom. The number of rotatable bonds is 3. The van der Waals surface area contributed by atoms with Crippen LogP contribution >= 0.6 is 0 Å². The second kappa shape index (κ2) is 4.37. The molecule has 2 unspecified atom stereocenters. The third kappa shape index (κ3) is 1.91. The van der Waals surface area contributed by atoms with Crippen molar-refractivity contribution in [1.82, 2.24) is 9.97 Å². The molecule has 2 aromatic heterocycles. The van der Waals surface area contributed by atoms with Crippen molar-refractivity contribution in [2.75, 3.05) is 0 Å². The Hall–Kier alpha value is -2.16. The van der Waals surface area contributed by atoms with Crippen molar-refractivity contribution in [3.63, 3.8) is 0 Å². The lowest BCUT2D eigenvalue weighted by molar-refractivity contribution is 0.695. The van der Waals surface area contributed by atoms with Crippen molar-refractivity contribution < 1.29 is 0 Å². The van der Waals surface area contributed by atoms with E-state index in [4.69, 9.17) is 0 Å². The number of aromatic nitrogens is 2. The van der Waals surface area contributed by atoms with E-state index >= 15 is 0 Å². The van der Waals surface area contributed by atoms with Crippen LogP contribution in [0, 0.1) is 0 Å². The third-order valence-corrected chi connectivity index (χ3v) is 3.02. The minimum Gasteiger partial charge on any atom is -0.364 e. The number of nitrogens with one attached hydrogen (secondary N) is 1. The number of hydrogen-bond donors (Lipinski definition) is 1. The molecule has 0 saturated carbocycles. The van der Waals surface area contributed by atoms with Gasteiger partial charge in [0.2, 0.25) is 0 Å². The van der Waals surface area contributed by atoms with Crippen molar-refractivity contribution in [3.8, 4) is 0 Å². The predicted octanol–water partition coefficient (Wildman–Crippen LogP) is 2.55. The Labute approximate surface area is 99.9 Å². The van der Waals surface area contributed by atoms with Gasteiger partial charge in [-0.1, -0.05) is 6.08 Å². The summed E-state index contributed by atoms with van der Waals surface area (Å²) >= 11 is 0. The Morgan fingerprint density at radius 1 is 1.18 bits per heavy atom. The number of hydrogen-bond acceptors (Lipinski definition) is 2. The van der Waals surface area contributed by atoms with E-state index in [1.54, 1.807) is 0 Å². The van der Waals surface area contributed by atoms with Gasteiger partial charge in [-0.25, -0.2) is 0 Å². The van der Waals surface area contributed by atoms with Crippen molar-refractivity contribution in [1.29, 1.82) is 0 Å². The van der Waals surface area contributed by atoms with Crippen molar-refractivity contribution in [3.05, 3.63) is 66.3 Å². The van der Waals surface area contributed by atoms with E-state index in [0.717, 1.165) is 0 Å². The second-order valence-corrected chi connectivity index (χ2v) is 4.06. The van der Waals surface area contributed by atoms with Gasteiger partial charge in [-0.15, -0.1) is 0 Å². The molecule has 0 spiro atoms. The largest absolute Gasteiger partial charge is 0.364 e. The van der Waals surface area contributed by atoms with E-state index in [1.807, 2.05) is 49.1 Å². The van der Waals surface area contributed by atoms with Crippen LogP contribution < -0.4 is 0 Å². The molecule has 3 nitrogen and oxygen atoms in total. The number of H-pyrrole nitrogens is 1. The maximum Gasteiger partial charge on any atom is 0.0806 e. The standard InChI is InChI=1S/C14H13N3/c1-3-12(16-7-1)14(13-4-2-8-17-13)11-5-9-15-10-6-11/h1-10,12,14,17H. The highest BCUT2D eigenvalue weighted by molar-refractivity contribution is 5.74. The summed E-state index contributed by atoms with van der Waals surface area (Å²) in [5.74, 6) is 0.239. The van der Waals surface area contributed by atoms with Gasteiger partial charge in [-0.05, 0) is 35.9 Å². The number of aliphatic imine (C=N–C) groups is 1. The molecule has 0 radical (unpaired) electrons. The molecule has 2 atom stereocenters. The van der Waals surface area contributed by atoms with Crippen LogP contribution in [0.3, 0.4) is 0 Å². The third-order valence-electron chi connectivity index (χ3n) is 3.02. The van der Waals surface area contributed by atoms with E-state index < -0.39 is 0 Å². The summed E-state index contributed by atoms with van der Waals surface area (Å²) in [5, 5.41) is 0. The summed E-state index contributed by atoms with van der Waals surface area (Å²) in [6.45, 7) is 0. The average Bonchev–Trinajstić information content (AvgIpc) is 3.04. The molecule has 3 rings (SSSR count). The monoisotopic (exact) mass is 223 g/mol. The zero-order valence-electron chi connectivity index (χ0n) is 9.32. The normalized spacial score (nSPS) is 19.6. The van der Waals surface area contributed by atoms with Crippen LogP contribution in [0.5, 0.6) is 0 Å². The molecule has 1 aliphatic rings. The second-order valence-electron chi connectivity index (χ2n) is 4.06. The molecule has 3 heteroatoms. The fourth-order valence-electron chi connectivity index (χ4n) is 2.23. The minimum absolute atomic E-state index is 0.177. The highest BCUT2D eigenvalue weighted by Crippen LogP contribution is 2.30. The maximum absolute atomic E-state index is 4.49. The molecule has 3 heterocycles. The van der Waals surface area contributed by atoms with Crippen molar-refractivity contribution >= 4 is 6.21 Å². The molecule has 0 fully saturated rings. The summed E-state index contributed by atoms with van der Waals surface area (Å²) in [5.41, 5.74) is 2.42. The first-order chi connectivity index (χ1) is 8.45. The molecular weight excluding hydrogens is 210 g/mol. The Kier molecular flexibility index (Phi) is 2.58. The highest BCUT2D eigenvalue weighted by atomic mass is 14.8. The lowest BCUT2D eigenvalue weighted by Crippen LogP contribution is -2.15. The van der Waals surface area contributed by atoms with Crippen molar-refractivity contribution in [2.45, 2.75) is 12.0 Å². The number of pyridine rings is 1. The minimum atomic E-state index is 0.177. The molecule has 0 aromatic carbocycles. The van der Waals surface area contributed by atoms with Crippen LogP contribution in [0.25, 0.3) is 0 Å². The molecule has 0 aliphatic carbocycles. The number of nitrogens with zero attached hydrogens (tertiary/aromatic N) is 2. The Balaban J connectivity index is 2.03. The summed E-state index contributed by atoms with van der Waals surface area (Å²) in [6, 6.07) is 8.40. The first kappa shape index (κ1) is 10.0. The zero-order valence-corrected chi connectivity index (χ0v) is 9.32. The van der Waals surface area contributed by atoms with Gasteiger partial charge >= 0.3 is 0 Å². The highest BCUT2D eigenvalue weighted by Gasteiger charge is 2.24. The SMILES string of the molecule is C1=CC(C(c2ccncc2)c2ccc[nH]2)N=C1. The summed E-state index contributed by atoms with van der Waals surface area (Å²) in [7, 11) is 0. The maximum atomic E-state index is 4.49. The van der Waals surface area contributed by atoms with E-state index in [2.05, 4.69) is 27.1 Å². The molecule has 1 aliphatic heterocycles. The molecule has 0 amide bonds. The molecule has 1 N–H and O–H groups in total. The molecular formula is C14H13N3. The van der Waals surface area contributed by atoms with E-state index in [0.29, 0.717) is 0 Å². The van der Waals surface area contributed by atoms with Gasteiger partial charge in [0.05, 0.1) is 12.0 Å². The summed E-state index contributed by atoms with van der Waals surface area (Å²) in [4.78, 5) is 11.8. The van der Waals surface area contributed by atoms with E-state index in [1.165, 1.54) is 11.3 Å². The van der Waals surface area contributed by atoms with Gasteiger partial charge in [-0.3, -0.25) is 9.98 Å². The van der Waals surface area contributed by atoms with Crippen molar-refractivity contribution in [2.24, 2.45) is 4.99 Å². The molecule has 84 valence electrons. The van der Waals surface area contributed by atoms with Gasteiger partial charge in [0.15, 0.2) is 0 Å². The van der Waals surface area contributed by atoms with Crippen LogP contribution in [0.4, 0.5) is 0 Å². The number of aromatic amines is 1. The first-order valence-corrected chi connectivity index (χ1v) is 5.68. The van der Waals surface area contributed by atoms with Gasteiger partial charge in [0.1, 0.15) is 0 Å². The topological polar surface area (TPSA) is 41.0 Å². The molecule has 17 heavy (non-hydrogen) atoms. The van der Waals surface area contributed by atoms with Crippen LogP contribution in [0.15, 0.2) is 60.0 Å². The fourth-order valence-corrected chi connectivity index (χ4v) is 2.23. The molecule has 0 saturated heterocycles. The fraction of sp³-hybridized carbons (Fsp3) is 0.143. The Bertz CT molecular complexity index is 514. The predicted molar refractivity (Wildman–Crippen MR) is 68.3 cm³/mol. The smallest absolute Gasteiger partial charge is 0.0806 e. The van der Waals surface area contributed by atoms with E-state index in [9.17, 15) is 0 Å².